The molecule has 0 aromatic heterocycles. The predicted octanol–water partition coefficient (Wildman–Crippen LogP) is 24.1. The third kappa shape index (κ3) is 73.0. The number of aliphatic hydroxyl groups is 1. The zero-order valence-electron chi connectivity index (χ0n) is 65.7. The first-order chi connectivity index (χ1) is 48.3. The van der Waals surface area contributed by atoms with Gasteiger partial charge in [0.2, 0.25) is 0 Å². The van der Waals surface area contributed by atoms with Crippen molar-refractivity contribution in [2.75, 3.05) is 39.6 Å². The van der Waals surface area contributed by atoms with Gasteiger partial charge in [0.1, 0.15) is 19.3 Å². The molecule has 3 N–H and O–H groups in total. The van der Waals surface area contributed by atoms with Crippen LogP contribution in [0.3, 0.4) is 0 Å². The van der Waals surface area contributed by atoms with Crippen LogP contribution in [0, 0.1) is 17.8 Å². The Balaban J connectivity index is 5.25. The van der Waals surface area contributed by atoms with Gasteiger partial charge in [-0.1, -0.05) is 370 Å². The highest BCUT2D eigenvalue weighted by Gasteiger charge is 2.30. The van der Waals surface area contributed by atoms with E-state index < -0.39 is 97.5 Å². The summed E-state index contributed by atoms with van der Waals surface area (Å²) in [5.74, 6) is 0.215. The molecule has 0 aliphatic carbocycles. The molecule has 594 valence electrons. The van der Waals surface area contributed by atoms with Gasteiger partial charge in [-0.3, -0.25) is 37.3 Å². The fraction of sp³-hybridized carbons (Fsp3) is 0.951. The Bertz CT molecular complexity index is 1940. The minimum atomic E-state index is -4.96. The Morgan fingerprint density at radius 1 is 0.290 bits per heavy atom. The van der Waals surface area contributed by atoms with Gasteiger partial charge in [-0.05, 0) is 43.4 Å². The van der Waals surface area contributed by atoms with Gasteiger partial charge in [0, 0.05) is 25.7 Å². The fourth-order valence-corrected chi connectivity index (χ4v) is 14.0. The van der Waals surface area contributed by atoms with Crippen LogP contribution in [-0.4, -0.2) is 96.7 Å². The molecule has 17 nitrogen and oxygen atoms in total. The van der Waals surface area contributed by atoms with Crippen molar-refractivity contribution in [2.45, 2.75) is 439 Å². The maximum Gasteiger partial charge on any atom is 0.472 e. The summed E-state index contributed by atoms with van der Waals surface area (Å²) >= 11 is 0. The molecular formula is C81H158O17P2. The molecule has 19 heteroatoms. The van der Waals surface area contributed by atoms with Crippen molar-refractivity contribution in [3.8, 4) is 0 Å². The number of esters is 4. The Labute approximate surface area is 613 Å². The predicted molar refractivity (Wildman–Crippen MR) is 409 cm³/mol. The van der Waals surface area contributed by atoms with Gasteiger partial charge in [0.05, 0.1) is 26.4 Å². The highest BCUT2D eigenvalue weighted by molar-refractivity contribution is 7.47. The van der Waals surface area contributed by atoms with Crippen molar-refractivity contribution in [1.82, 2.24) is 0 Å². The molecule has 0 aliphatic heterocycles. The van der Waals surface area contributed by atoms with Gasteiger partial charge < -0.3 is 33.8 Å². The summed E-state index contributed by atoms with van der Waals surface area (Å²) in [6, 6.07) is 0. The smallest absolute Gasteiger partial charge is 0.462 e. The second-order valence-electron chi connectivity index (χ2n) is 30.4. The standard InChI is InChI=1S/C81H158O17P2/c1-8-10-11-12-13-14-15-16-17-18-26-31-36-41-50-57-65-81(86)98-77(69-92-79(84)63-56-49-44-43-47-54-61-74(7)9-2)71-96-100(89,90)94-67-75(82)66-93-99(87,88)95-70-76(97-80(85)64-58-51-42-37-32-27-22-20-24-29-34-39-46-53-60-73(5)6)68-91-78(83)62-55-48-40-35-30-25-21-19-23-28-33-38-45-52-59-72(3)4/h72-77,82H,8-71H2,1-7H3,(H,87,88)(H,89,90)/t74?,75-,76-,77-/m1/s1. The molecule has 0 amide bonds. The lowest BCUT2D eigenvalue weighted by Gasteiger charge is -2.21. The van der Waals surface area contributed by atoms with Gasteiger partial charge >= 0.3 is 39.5 Å². The van der Waals surface area contributed by atoms with Gasteiger partial charge in [0.15, 0.2) is 12.2 Å². The van der Waals surface area contributed by atoms with Crippen LogP contribution in [0.1, 0.15) is 421 Å². The molecule has 0 fully saturated rings. The molecule has 0 aromatic rings. The summed E-state index contributed by atoms with van der Waals surface area (Å²) < 4.78 is 68.7. The summed E-state index contributed by atoms with van der Waals surface area (Å²) in [6.45, 7) is 12.0. The molecule has 6 atom stereocenters. The average molecular weight is 1470 g/mol. The first-order valence-electron chi connectivity index (χ1n) is 41.9. The number of unbranched alkanes of at least 4 members (excludes halogenated alkanes) is 46. The number of hydrogen-bond acceptors (Lipinski definition) is 15. The zero-order chi connectivity index (χ0) is 73.7. The fourth-order valence-electron chi connectivity index (χ4n) is 12.5. The van der Waals surface area contributed by atoms with E-state index in [-0.39, 0.29) is 25.7 Å². The average Bonchev–Trinajstić information content (AvgIpc) is 0.953. The number of carbonyl (C=O) groups excluding carboxylic acids is 4. The Hall–Kier alpha value is -1.94. The third-order valence-electron chi connectivity index (χ3n) is 19.2. The quantitative estimate of drug-likeness (QED) is 0.0222. The Morgan fingerprint density at radius 2 is 0.510 bits per heavy atom. The first-order valence-corrected chi connectivity index (χ1v) is 44.9. The maximum absolute atomic E-state index is 13.1. The van der Waals surface area contributed by atoms with Crippen LogP contribution in [0.4, 0.5) is 0 Å². The van der Waals surface area contributed by atoms with Crippen molar-refractivity contribution in [1.29, 1.82) is 0 Å². The third-order valence-corrected chi connectivity index (χ3v) is 21.1. The number of rotatable bonds is 79. The van der Waals surface area contributed by atoms with Crippen LogP contribution in [0.2, 0.25) is 0 Å². The zero-order valence-corrected chi connectivity index (χ0v) is 67.5. The highest BCUT2D eigenvalue weighted by atomic mass is 31.2. The largest absolute Gasteiger partial charge is 0.472 e. The molecule has 0 radical (unpaired) electrons. The number of phosphoric ester groups is 2. The Morgan fingerprint density at radius 3 is 0.760 bits per heavy atom. The minimum absolute atomic E-state index is 0.107. The van der Waals surface area contributed by atoms with E-state index in [1.54, 1.807) is 0 Å². The van der Waals surface area contributed by atoms with Gasteiger partial charge in [0.25, 0.3) is 0 Å². The molecule has 0 saturated heterocycles. The van der Waals surface area contributed by atoms with Gasteiger partial charge in [-0.2, -0.15) is 0 Å². The van der Waals surface area contributed by atoms with E-state index >= 15 is 0 Å². The molecular weight excluding hydrogens is 1310 g/mol. The topological polar surface area (TPSA) is 237 Å². The van der Waals surface area contributed by atoms with E-state index in [0.717, 1.165) is 114 Å². The van der Waals surface area contributed by atoms with E-state index in [4.69, 9.17) is 37.0 Å². The summed E-state index contributed by atoms with van der Waals surface area (Å²) in [7, 11) is -9.92. The van der Waals surface area contributed by atoms with Crippen LogP contribution in [0.25, 0.3) is 0 Å². The van der Waals surface area contributed by atoms with Crippen LogP contribution < -0.4 is 0 Å². The summed E-state index contributed by atoms with van der Waals surface area (Å²) in [5, 5.41) is 10.6. The molecule has 0 aromatic carbocycles. The maximum atomic E-state index is 13.1. The van der Waals surface area contributed by atoms with E-state index in [0.29, 0.717) is 25.7 Å². The molecule has 0 bridgehead atoms. The second kappa shape index (κ2) is 71.3. The molecule has 0 rings (SSSR count). The molecule has 0 spiro atoms. The van der Waals surface area contributed by atoms with Gasteiger partial charge in [-0.15, -0.1) is 0 Å². The summed E-state index contributed by atoms with van der Waals surface area (Å²) in [6.07, 6.45) is 59.6. The van der Waals surface area contributed by atoms with E-state index in [9.17, 15) is 43.2 Å². The van der Waals surface area contributed by atoms with Crippen molar-refractivity contribution in [3.63, 3.8) is 0 Å². The number of ether oxygens (including phenoxy) is 4. The summed E-state index contributed by atoms with van der Waals surface area (Å²) in [5.41, 5.74) is 0. The number of aliphatic hydroxyl groups excluding tert-OH is 1. The second-order valence-corrected chi connectivity index (χ2v) is 33.3. The summed E-state index contributed by atoms with van der Waals surface area (Å²) in [4.78, 5) is 73.0. The molecule has 0 aliphatic rings. The number of phosphoric acid groups is 2. The van der Waals surface area contributed by atoms with Crippen LogP contribution in [0.15, 0.2) is 0 Å². The molecule has 3 unspecified atom stereocenters. The normalized spacial score (nSPS) is 14.2. The van der Waals surface area contributed by atoms with Crippen LogP contribution >= 0.6 is 15.6 Å². The molecule has 0 heterocycles. The van der Waals surface area contributed by atoms with E-state index in [2.05, 4.69) is 48.5 Å². The van der Waals surface area contributed by atoms with Crippen molar-refractivity contribution >= 4 is 39.5 Å². The van der Waals surface area contributed by atoms with E-state index in [1.807, 2.05) is 0 Å². The SMILES string of the molecule is CCCCCCCCCCCCCCCCCCC(=O)O[C@H](COC(=O)CCCCCCCCC(C)CC)COP(=O)(O)OC[C@H](O)COP(=O)(O)OC[C@@H](COC(=O)CCCCCCCCCCCCCCCCC(C)C)OC(=O)CCCCCCCCCCCCCCCCC(C)C. The van der Waals surface area contributed by atoms with Gasteiger partial charge in [-0.25, -0.2) is 9.13 Å². The van der Waals surface area contributed by atoms with Crippen molar-refractivity contribution in [3.05, 3.63) is 0 Å². The van der Waals surface area contributed by atoms with Crippen LogP contribution in [0.5, 0.6) is 0 Å². The minimum Gasteiger partial charge on any atom is -0.462 e. The molecule has 100 heavy (non-hydrogen) atoms. The monoisotopic (exact) mass is 1470 g/mol. The Kier molecular flexibility index (Phi) is 69.9. The van der Waals surface area contributed by atoms with Crippen molar-refractivity contribution in [2.24, 2.45) is 17.8 Å². The lowest BCUT2D eigenvalue weighted by Crippen LogP contribution is -2.30. The van der Waals surface area contributed by atoms with Crippen molar-refractivity contribution < 1.29 is 80.2 Å². The number of hydrogen-bond donors (Lipinski definition) is 3. The molecule has 0 saturated carbocycles. The lowest BCUT2D eigenvalue weighted by molar-refractivity contribution is -0.161. The number of carbonyl (C=O) groups is 4. The van der Waals surface area contributed by atoms with Crippen LogP contribution in [-0.2, 0) is 65.4 Å². The highest BCUT2D eigenvalue weighted by Crippen LogP contribution is 2.45. The first kappa shape index (κ1) is 98.1. The lowest BCUT2D eigenvalue weighted by atomic mass is 10.00. The van der Waals surface area contributed by atoms with E-state index in [1.165, 1.54) is 225 Å².